The summed E-state index contributed by atoms with van der Waals surface area (Å²) in [5.41, 5.74) is 2.73. The summed E-state index contributed by atoms with van der Waals surface area (Å²) in [5, 5.41) is 0.988. The average molecular weight is 450 g/mol. The van der Waals surface area contributed by atoms with Gasteiger partial charge in [0.25, 0.3) is 11.5 Å². The standard InChI is InChI=1S/C24H27N5O4/c1-5-14-6-7-17-16(12-14)13(2)19(33-17)23(31)29-10-8-15(9-11-29)20-25-18-21(26-20)27(3)24(32)28(4)22(18)30/h6-7,12,15H,5,8-11H2,1-4H3,(H,25,26). The zero-order valence-corrected chi connectivity index (χ0v) is 19.3. The summed E-state index contributed by atoms with van der Waals surface area (Å²) in [7, 11) is 3.06. The van der Waals surface area contributed by atoms with Crippen LogP contribution in [0.25, 0.3) is 22.1 Å². The number of nitrogens with zero attached hydrogens (tertiary/aromatic N) is 4. The number of H-pyrrole nitrogens is 1. The van der Waals surface area contributed by atoms with E-state index >= 15 is 0 Å². The van der Waals surface area contributed by atoms with Crippen molar-refractivity contribution in [1.82, 2.24) is 24.0 Å². The zero-order valence-electron chi connectivity index (χ0n) is 19.3. The summed E-state index contributed by atoms with van der Waals surface area (Å²) in [5.74, 6) is 1.06. The molecule has 1 aliphatic heterocycles. The van der Waals surface area contributed by atoms with E-state index in [1.807, 2.05) is 24.0 Å². The number of nitrogens with one attached hydrogen (secondary N) is 1. The van der Waals surface area contributed by atoms with E-state index in [4.69, 9.17) is 4.42 Å². The molecule has 1 fully saturated rings. The van der Waals surface area contributed by atoms with Crippen molar-refractivity contribution in [3.8, 4) is 0 Å². The third-order valence-electron chi connectivity index (χ3n) is 6.89. The van der Waals surface area contributed by atoms with Crippen LogP contribution in [0.3, 0.4) is 0 Å². The topological polar surface area (TPSA) is 106 Å². The molecule has 0 atom stereocenters. The Morgan fingerprint density at radius 1 is 1.18 bits per heavy atom. The SMILES string of the molecule is CCc1ccc2oc(C(=O)N3CCC(c4nc5c([nH]4)c(=O)n(C)c(=O)n5C)CC3)c(C)c2c1. The van der Waals surface area contributed by atoms with E-state index in [-0.39, 0.29) is 17.4 Å². The molecule has 5 rings (SSSR count). The second-order valence-electron chi connectivity index (χ2n) is 8.83. The van der Waals surface area contributed by atoms with Crippen LogP contribution in [0.1, 0.15) is 53.2 Å². The number of piperidine rings is 1. The first-order valence-corrected chi connectivity index (χ1v) is 11.3. The zero-order chi connectivity index (χ0) is 23.4. The van der Waals surface area contributed by atoms with Gasteiger partial charge in [0.1, 0.15) is 16.9 Å². The first-order valence-electron chi connectivity index (χ1n) is 11.3. The fraction of sp³-hybridized carbons (Fsp3) is 0.417. The van der Waals surface area contributed by atoms with Gasteiger partial charge in [-0.15, -0.1) is 0 Å². The van der Waals surface area contributed by atoms with E-state index in [9.17, 15) is 14.4 Å². The Labute approximate surface area is 189 Å². The van der Waals surface area contributed by atoms with Crippen molar-refractivity contribution >= 4 is 28.0 Å². The lowest BCUT2D eigenvalue weighted by Crippen LogP contribution is -2.38. The molecule has 0 spiro atoms. The first kappa shape index (κ1) is 21.2. The number of hydrogen-bond acceptors (Lipinski definition) is 5. The Morgan fingerprint density at radius 3 is 2.61 bits per heavy atom. The number of amides is 1. The number of aromatic nitrogens is 4. The molecule has 4 aromatic rings. The lowest BCUT2D eigenvalue weighted by Gasteiger charge is -2.30. The summed E-state index contributed by atoms with van der Waals surface area (Å²) in [6, 6.07) is 6.06. The lowest BCUT2D eigenvalue weighted by atomic mass is 9.96. The molecule has 4 heterocycles. The molecule has 9 nitrogen and oxygen atoms in total. The number of benzene rings is 1. The van der Waals surface area contributed by atoms with E-state index in [2.05, 4.69) is 23.0 Å². The van der Waals surface area contributed by atoms with Crippen molar-refractivity contribution in [2.75, 3.05) is 13.1 Å². The Kier molecular flexibility index (Phi) is 4.99. The summed E-state index contributed by atoms with van der Waals surface area (Å²) in [6.07, 6.45) is 2.34. The van der Waals surface area contributed by atoms with Crippen LogP contribution in [-0.4, -0.2) is 43.0 Å². The van der Waals surface area contributed by atoms with Gasteiger partial charge in [-0.25, -0.2) is 9.78 Å². The molecule has 1 saturated heterocycles. The van der Waals surface area contributed by atoms with Gasteiger partial charge in [0.05, 0.1) is 0 Å². The molecule has 172 valence electrons. The molecule has 1 N–H and O–H groups in total. The number of aromatic amines is 1. The fourth-order valence-electron chi connectivity index (χ4n) is 4.73. The predicted octanol–water partition coefficient (Wildman–Crippen LogP) is 2.60. The van der Waals surface area contributed by atoms with Crippen molar-refractivity contribution < 1.29 is 9.21 Å². The average Bonchev–Trinajstić information content (AvgIpc) is 3.43. The Hall–Kier alpha value is -3.62. The van der Waals surface area contributed by atoms with E-state index in [0.29, 0.717) is 48.7 Å². The number of likely N-dealkylation sites (tertiary alicyclic amines) is 1. The number of imidazole rings is 1. The van der Waals surface area contributed by atoms with Crippen LogP contribution in [0.5, 0.6) is 0 Å². The van der Waals surface area contributed by atoms with Crippen LogP contribution in [0, 0.1) is 6.92 Å². The van der Waals surface area contributed by atoms with Gasteiger partial charge >= 0.3 is 5.69 Å². The van der Waals surface area contributed by atoms with Crippen molar-refractivity contribution in [3.05, 3.63) is 61.7 Å². The maximum atomic E-state index is 13.2. The molecule has 0 saturated carbocycles. The normalized spacial score (nSPS) is 15.1. The van der Waals surface area contributed by atoms with Crippen molar-refractivity contribution in [1.29, 1.82) is 0 Å². The van der Waals surface area contributed by atoms with E-state index in [1.165, 1.54) is 17.2 Å². The van der Waals surface area contributed by atoms with Gasteiger partial charge in [0, 0.05) is 44.1 Å². The molecule has 1 aromatic carbocycles. The van der Waals surface area contributed by atoms with Crippen LogP contribution < -0.4 is 11.2 Å². The molecule has 0 unspecified atom stereocenters. The number of hydrogen-bond donors (Lipinski definition) is 1. The van der Waals surface area contributed by atoms with Crippen LogP contribution in [0.4, 0.5) is 0 Å². The van der Waals surface area contributed by atoms with Gasteiger partial charge in [-0.2, -0.15) is 0 Å². The molecular weight excluding hydrogens is 422 g/mol. The highest BCUT2D eigenvalue weighted by Crippen LogP contribution is 2.31. The number of rotatable bonds is 3. The van der Waals surface area contributed by atoms with E-state index < -0.39 is 5.69 Å². The van der Waals surface area contributed by atoms with Gasteiger partial charge in [-0.3, -0.25) is 18.7 Å². The minimum absolute atomic E-state index is 0.0742. The Balaban J connectivity index is 1.37. The van der Waals surface area contributed by atoms with Crippen LogP contribution >= 0.6 is 0 Å². The van der Waals surface area contributed by atoms with Gasteiger partial charge in [-0.05, 0) is 43.9 Å². The lowest BCUT2D eigenvalue weighted by molar-refractivity contribution is 0.0680. The molecule has 1 amide bonds. The summed E-state index contributed by atoms with van der Waals surface area (Å²) in [6.45, 7) is 5.17. The number of furan rings is 1. The Bertz CT molecular complexity index is 1510. The molecule has 3 aromatic heterocycles. The van der Waals surface area contributed by atoms with E-state index in [0.717, 1.165) is 27.5 Å². The number of carbonyl (C=O) groups is 1. The van der Waals surface area contributed by atoms with Gasteiger partial charge in [0.15, 0.2) is 11.4 Å². The molecule has 33 heavy (non-hydrogen) atoms. The fourth-order valence-corrected chi connectivity index (χ4v) is 4.73. The van der Waals surface area contributed by atoms with Gasteiger partial charge < -0.3 is 14.3 Å². The Morgan fingerprint density at radius 2 is 1.91 bits per heavy atom. The van der Waals surface area contributed by atoms with Crippen molar-refractivity contribution in [2.24, 2.45) is 14.1 Å². The van der Waals surface area contributed by atoms with Gasteiger partial charge in [0.2, 0.25) is 0 Å². The summed E-state index contributed by atoms with van der Waals surface area (Å²) in [4.78, 5) is 47.4. The van der Waals surface area contributed by atoms with E-state index in [1.54, 1.807) is 7.05 Å². The maximum absolute atomic E-state index is 13.2. The quantitative estimate of drug-likeness (QED) is 0.518. The second kappa shape index (κ2) is 7.75. The number of aryl methyl sites for hydroxylation is 3. The second-order valence-corrected chi connectivity index (χ2v) is 8.83. The molecular formula is C24H27N5O4. The smallest absolute Gasteiger partial charge is 0.332 e. The largest absolute Gasteiger partial charge is 0.451 e. The third-order valence-corrected chi connectivity index (χ3v) is 6.89. The molecule has 0 aliphatic carbocycles. The van der Waals surface area contributed by atoms with Crippen molar-refractivity contribution in [2.45, 2.75) is 39.0 Å². The van der Waals surface area contributed by atoms with Crippen LogP contribution in [0.15, 0.2) is 32.2 Å². The third kappa shape index (κ3) is 3.30. The first-order chi connectivity index (χ1) is 15.8. The predicted molar refractivity (Wildman–Crippen MR) is 125 cm³/mol. The molecule has 0 bridgehead atoms. The monoisotopic (exact) mass is 449 g/mol. The molecule has 9 heteroatoms. The number of carbonyl (C=O) groups excluding carboxylic acids is 1. The van der Waals surface area contributed by atoms with Crippen molar-refractivity contribution in [3.63, 3.8) is 0 Å². The highest BCUT2D eigenvalue weighted by molar-refractivity contribution is 5.99. The highest BCUT2D eigenvalue weighted by Gasteiger charge is 2.30. The highest BCUT2D eigenvalue weighted by atomic mass is 16.3. The van der Waals surface area contributed by atoms with Crippen LogP contribution in [-0.2, 0) is 20.5 Å². The van der Waals surface area contributed by atoms with Crippen LogP contribution in [0.2, 0.25) is 0 Å². The summed E-state index contributed by atoms with van der Waals surface area (Å²) < 4.78 is 8.39. The molecule has 0 radical (unpaired) electrons. The molecule has 1 aliphatic rings. The minimum Gasteiger partial charge on any atom is -0.451 e. The van der Waals surface area contributed by atoms with Gasteiger partial charge in [-0.1, -0.05) is 13.0 Å². The number of fused-ring (bicyclic) bond motifs is 2. The summed E-state index contributed by atoms with van der Waals surface area (Å²) >= 11 is 0. The minimum atomic E-state index is -0.404. The maximum Gasteiger partial charge on any atom is 0.332 e.